The molecule has 0 heterocycles. The minimum atomic E-state index is -6.49. The van der Waals surface area contributed by atoms with Crippen molar-refractivity contribution in [1.29, 1.82) is 0 Å². The van der Waals surface area contributed by atoms with Gasteiger partial charge in [-0.25, -0.2) is 0 Å². The molecule has 250 valence electrons. The van der Waals surface area contributed by atoms with Gasteiger partial charge in [0.25, 0.3) is 0 Å². The molecule has 3 aliphatic carbocycles. The third-order valence-corrected chi connectivity index (χ3v) is 11.1. The number of allylic oxidation sites excluding steroid dienone is 1. The van der Waals surface area contributed by atoms with Crippen LogP contribution in [-0.4, -0.2) is 53.4 Å². The van der Waals surface area contributed by atoms with E-state index in [2.05, 4.69) is 18.2 Å². The van der Waals surface area contributed by atoms with Gasteiger partial charge in [0.05, 0.1) is 11.8 Å². The normalized spacial score (nSPS) is 31.5. The Balaban J connectivity index is 1.48. The maximum atomic E-state index is 13.7. The molecule has 0 aliphatic heterocycles. The van der Waals surface area contributed by atoms with Gasteiger partial charge in [0.1, 0.15) is 6.10 Å². The topological polar surface area (TPSA) is 107 Å². The molecule has 0 saturated heterocycles. The molecule has 0 amide bonds. The van der Waals surface area contributed by atoms with Crippen LogP contribution in [0.25, 0.3) is 0 Å². The molecule has 0 spiro atoms. The molecule has 2 saturated carbocycles. The molecule has 3 unspecified atom stereocenters. The van der Waals surface area contributed by atoms with Crippen LogP contribution in [0, 0.1) is 22.7 Å². The number of hydrogen-bond donors (Lipinski definition) is 4. The number of aliphatic hydroxyl groups excluding tert-OH is 2. The zero-order chi connectivity index (χ0) is 32.9. The molecule has 6 nitrogen and oxygen atoms in total. The zero-order valence-corrected chi connectivity index (χ0v) is 25.2. The predicted molar refractivity (Wildman–Crippen MR) is 150 cm³/mol. The number of nitrogens with one attached hydrogen (secondary N) is 1. The Morgan fingerprint density at radius 1 is 1.09 bits per heavy atom. The van der Waals surface area contributed by atoms with E-state index < -0.39 is 47.0 Å². The Morgan fingerprint density at radius 2 is 1.75 bits per heavy atom. The lowest BCUT2D eigenvalue weighted by molar-refractivity contribution is -0.371. The molecule has 14 heteroatoms. The first-order valence-corrected chi connectivity index (χ1v) is 16.4. The Bertz CT molecular complexity index is 1320. The van der Waals surface area contributed by atoms with Crippen molar-refractivity contribution in [1.82, 2.24) is 0 Å². The Labute approximate surface area is 253 Å². The van der Waals surface area contributed by atoms with Crippen molar-refractivity contribution >= 4 is 16.0 Å². The van der Waals surface area contributed by atoms with Crippen LogP contribution in [0.15, 0.2) is 30.9 Å². The van der Waals surface area contributed by atoms with E-state index in [9.17, 15) is 53.9 Å². The van der Waals surface area contributed by atoms with E-state index >= 15 is 0 Å². The average Bonchev–Trinajstić information content (AvgIpc) is 3.22. The maximum Gasteiger partial charge on any atom is 0.459 e. The van der Waals surface area contributed by atoms with Crippen molar-refractivity contribution in [3.63, 3.8) is 0 Å². The van der Waals surface area contributed by atoms with Crippen LogP contribution in [0.4, 0.5) is 36.4 Å². The first kappa shape index (κ1) is 35.0. The summed E-state index contributed by atoms with van der Waals surface area (Å²) >= 11 is 0. The van der Waals surface area contributed by atoms with Gasteiger partial charge < -0.3 is 10.2 Å². The number of alkyl halides is 7. The predicted octanol–water partition coefficient (Wildman–Crippen LogP) is 7.44. The lowest BCUT2D eigenvalue weighted by Crippen LogP contribution is -2.57. The van der Waals surface area contributed by atoms with E-state index in [1.165, 1.54) is 0 Å². The number of hydrogen-bond acceptors (Lipinski definition) is 4. The zero-order valence-electron chi connectivity index (χ0n) is 24.4. The Kier molecular flexibility index (Phi) is 9.56. The minimum absolute atomic E-state index is 0.0166. The summed E-state index contributed by atoms with van der Waals surface area (Å²) in [5.74, 6) is -11.8. The fourth-order valence-electron chi connectivity index (χ4n) is 8.60. The van der Waals surface area contributed by atoms with Crippen molar-refractivity contribution in [2.24, 2.45) is 22.7 Å². The van der Waals surface area contributed by atoms with Crippen LogP contribution in [0.2, 0.25) is 0 Å². The monoisotopic (exact) mass is 659 g/mol. The quantitative estimate of drug-likeness (QED) is 0.0808. The van der Waals surface area contributed by atoms with Crippen LogP contribution >= 0.6 is 0 Å². The number of aryl methyl sites for hydroxylation is 1. The standard InChI is InChI=1S/C30H40F7NO5S/c1-3-27-15-14-18-16-20(38-44(41,42)43)10-11-21(18)25(27)19(17-26(2)22(27)12-13-23(26)39)8-6-4-5-7-9-24(40)28(31,32)29(33,34)30(35,36)37/h3,10-11,16,19,22-25,38-40H,1,4-9,12-15,17H2,2H3,(H,41,42,43)/t19-,22?,23-,24+,25?,26-,27?/m0/s1. The number of fused-ring (bicyclic) bond motifs is 5. The number of unbranched alkanes of at least 4 members (excludes halogenated alkanes) is 3. The van der Waals surface area contributed by atoms with Gasteiger partial charge in [-0.15, -0.1) is 6.58 Å². The molecule has 44 heavy (non-hydrogen) atoms. The fraction of sp³-hybridized carbons (Fsp3) is 0.733. The molecule has 0 bridgehead atoms. The third kappa shape index (κ3) is 6.12. The highest BCUT2D eigenvalue weighted by molar-refractivity contribution is 7.87. The highest BCUT2D eigenvalue weighted by Crippen LogP contribution is 2.69. The largest absolute Gasteiger partial charge is 0.459 e. The molecule has 4 N–H and O–H groups in total. The fourth-order valence-corrected chi connectivity index (χ4v) is 9.02. The molecule has 3 aliphatic rings. The summed E-state index contributed by atoms with van der Waals surface area (Å²) in [5, 5.41) is 20.6. The first-order valence-electron chi connectivity index (χ1n) is 14.9. The van der Waals surface area contributed by atoms with Crippen LogP contribution < -0.4 is 4.72 Å². The molecule has 1 aromatic rings. The molecule has 7 atom stereocenters. The van der Waals surface area contributed by atoms with E-state index in [4.69, 9.17) is 0 Å². The second-order valence-corrected chi connectivity index (χ2v) is 14.3. The number of anilines is 1. The van der Waals surface area contributed by atoms with Gasteiger partial charge in [0.2, 0.25) is 0 Å². The van der Waals surface area contributed by atoms with Crippen LogP contribution in [0.1, 0.15) is 88.2 Å². The van der Waals surface area contributed by atoms with Crippen molar-refractivity contribution in [3.8, 4) is 0 Å². The van der Waals surface area contributed by atoms with Crippen LogP contribution in [0.5, 0.6) is 0 Å². The number of halogens is 7. The lowest BCUT2D eigenvalue weighted by atomic mass is 9.44. The van der Waals surface area contributed by atoms with Crippen molar-refractivity contribution in [2.45, 2.75) is 114 Å². The number of benzene rings is 1. The number of aliphatic hydroxyl groups is 2. The van der Waals surface area contributed by atoms with Gasteiger partial charge in [0, 0.05) is 0 Å². The summed E-state index contributed by atoms with van der Waals surface area (Å²) < 4.78 is 125. The summed E-state index contributed by atoms with van der Waals surface area (Å²) in [6, 6.07) is 5.14. The molecule has 2 fully saturated rings. The molecular weight excluding hydrogens is 619 g/mol. The lowest BCUT2D eigenvalue weighted by Gasteiger charge is -2.60. The Hall–Kier alpha value is -1.90. The van der Waals surface area contributed by atoms with E-state index in [0.29, 0.717) is 38.5 Å². The van der Waals surface area contributed by atoms with Gasteiger partial charge in [0.15, 0.2) is 0 Å². The van der Waals surface area contributed by atoms with E-state index in [1.54, 1.807) is 12.1 Å². The first-order chi connectivity index (χ1) is 20.2. The van der Waals surface area contributed by atoms with Gasteiger partial charge in [-0.2, -0.15) is 39.2 Å². The summed E-state index contributed by atoms with van der Waals surface area (Å²) in [6.45, 7) is 6.32. The van der Waals surface area contributed by atoms with Crippen molar-refractivity contribution < 1.29 is 53.9 Å². The van der Waals surface area contributed by atoms with Gasteiger partial charge in [-0.05, 0) is 96.8 Å². The van der Waals surface area contributed by atoms with Crippen molar-refractivity contribution in [3.05, 3.63) is 42.0 Å². The molecule has 0 radical (unpaired) electrons. The summed E-state index contributed by atoms with van der Waals surface area (Å²) in [5.41, 5.74) is 1.46. The molecular formula is C30H40F7NO5S. The van der Waals surface area contributed by atoms with E-state index in [1.807, 2.05) is 12.1 Å². The molecule has 4 rings (SSSR count). The minimum Gasteiger partial charge on any atom is -0.393 e. The smallest absolute Gasteiger partial charge is 0.393 e. The summed E-state index contributed by atoms with van der Waals surface area (Å²) in [7, 11) is -4.47. The van der Waals surface area contributed by atoms with Crippen LogP contribution in [-0.2, 0) is 16.7 Å². The Morgan fingerprint density at radius 3 is 2.36 bits per heavy atom. The highest BCUT2D eigenvalue weighted by Gasteiger charge is 2.75. The van der Waals surface area contributed by atoms with Gasteiger partial charge >= 0.3 is 28.3 Å². The average molecular weight is 660 g/mol. The summed E-state index contributed by atoms with van der Waals surface area (Å²) in [6.07, 6.45) is -3.75. The van der Waals surface area contributed by atoms with Crippen LogP contribution in [0.3, 0.4) is 0 Å². The maximum absolute atomic E-state index is 13.7. The second kappa shape index (κ2) is 12.0. The molecule has 1 aromatic carbocycles. The number of rotatable bonds is 12. The van der Waals surface area contributed by atoms with Crippen molar-refractivity contribution in [2.75, 3.05) is 4.72 Å². The van der Waals surface area contributed by atoms with Gasteiger partial charge in [-0.1, -0.05) is 44.7 Å². The van der Waals surface area contributed by atoms with E-state index in [-0.39, 0.29) is 47.1 Å². The van der Waals surface area contributed by atoms with Gasteiger partial charge in [-0.3, -0.25) is 9.27 Å². The molecule has 0 aromatic heterocycles. The SMILES string of the molecule is C=CC12CCc3cc(NS(=O)(=O)O)ccc3C1[C@@H](CCCCCC[C@@H](O)C(F)(F)C(F)(F)C(F)(F)F)C[C@@]1(C)C2CC[C@@H]1O. The summed E-state index contributed by atoms with van der Waals surface area (Å²) in [4.78, 5) is 0. The highest BCUT2D eigenvalue weighted by atomic mass is 32.2. The van der Waals surface area contributed by atoms with E-state index in [0.717, 1.165) is 24.0 Å². The second-order valence-electron chi connectivity index (χ2n) is 13.1. The third-order valence-electron chi connectivity index (χ3n) is 10.6.